The van der Waals surface area contributed by atoms with E-state index in [-0.39, 0.29) is 5.25 Å². The maximum atomic E-state index is 11.7. The minimum atomic E-state index is -1.05. The van der Waals surface area contributed by atoms with Crippen LogP contribution in [0.5, 0.6) is 0 Å². The topological polar surface area (TPSA) is 40.9 Å². The average Bonchev–Trinajstić information content (AvgIpc) is 2.30. The predicted molar refractivity (Wildman–Crippen MR) is 69.9 cm³/mol. The van der Waals surface area contributed by atoms with Crippen LogP contribution in [0.25, 0.3) is 0 Å². The van der Waals surface area contributed by atoms with Gasteiger partial charge < -0.3 is 0 Å². The molecule has 0 aliphatic rings. The van der Waals surface area contributed by atoms with Crippen molar-refractivity contribution >= 4 is 23.4 Å². The van der Waals surface area contributed by atoms with Crippen molar-refractivity contribution in [3.8, 4) is 6.07 Å². The molecule has 0 spiro atoms. The molecule has 2 atom stereocenters. The van der Waals surface area contributed by atoms with Gasteiger partial charge in [0.1, 0.15) is 0 Å². The number of nitrogens with zero attached hydrogens (tertiary/aromatic N) is 1. The summed E-state index contributed by atoms with van der Waals surface area (Å²) < 4.78 is 11.7. The molecule has 0 saturated carbocycles. The predicted octanol–water partition coefficient (Wildman–Crippen LogP) is 2.86. The van der Waals surface area contributed by atoms with Crippen molar-refractivity contribution in [2.75, 3.05) is 5.75 Å². The molecule has 84 valence electrons. The van der Waals surface area contributed by atoms with Gasteiger partial charge in [0.25, 0.3) is 0 Å². The first kappa shape index (κ1) is 13.0. The van der Waals surface area contributed by atoms with Crippen molar-refractivity contribution < 1.29 is 4.21 Å². The van der Waals surface area contributed by atoms with Gasteiger partial charge in [0.2, 0.25) is 0 Å². The Balaban J connectivity index is 2.91. The Morgan fingerprint density at radius 2 is 2.38 bits per heavy atom. The van der Waals surface area contributed by atoms with Gasteiger partial charge in [-0.2, -0.15) is 17.9 Å². The Morgan fingerprint density at radius 3 is 3.00 bits per heavy atom. The first-order chi connectivity index (χ1) is 7.69. The molecule has 1 aromatic carbocycles. The van der Waals surface area contributed by atoms with E-state index in [9.17, 15) is 4.21 Å². The molecular formula is C12H13NOS2. The number of hydrogen-bond acceptors (Lipinski definition) is 3. The summed E-state index contributed by atoms with van der Waals surface area (Å²) in [6.07, 6.45) is 1.98. The quantitative estimate of drug-likeness (QED) is 0.646. The lowest BCUT2D eigenvalue weighted by Crippen LogP contribution is -1.97. The zero-order valence-electron chi connectivity index (χ0n) is 8.80. The molecule has 4 heteroatoms. The van der Waals surface area contributed by atoms with Crippen LogP contribution in [0.3, 0.4) is 0 Å². The molecule has 1 aromatic rings. The van der Waals surface area contributed by atoms with Crippen LogP contribution in [0.15, 0.2) is 41.8 Å². The fraction of sp³-hybridized carbons (Fsp3) is 0.250. The van der Waals surface area contributed by atoms with Gasteiger partial charge in [0.15, 0.2) is 0 Å². The fourth-order valence-electron chi connectivity index (χ4n) is 1.27. The summed E-state index contributed by atoms with van der Waals surface area (Å²) in [5, 5.41) is 8.47. The van der Waals surface area contributed by atoms with Gasteiger partial charge in [-0.05, 0) is 17.7 Å². The van der Waals surface area contributed by atoms with E-state index < -0.39 is 10.8 Å². The molecule has 0 amide bonds. The third-order valence-electron chi connectivity index (χ3n) is 2.06. The largest absolute Gasteiger partial charge is 0.254 e. The Labute approximate surface area is 104 Å². The summed E-state index contributed by atoms with van der Waals surface area (Å²) in [6, 6.07) is 9.46. The van der Waals surface area contributed by atoms with Crippen LogP contribution in [-0.4, -0.2) is 9.96 Å². The zero-order valence-corrected chi connectivity index (χ0v) is 10.5. The summed E-state index contributed by atoms with van der Waals surface area (Å²) in [6.45, 7) is 3.56. The lowest BCUT2D eigenvalue weighted by atomic mass is 10.1. The molecule has 0 aliphatic carbocycles. The van der Waals surface area contributed by atoms with E-state index in [1.807, 2.05) is 24.3 Å². The summed E-state index contributed by atoms with van der Waals surface area (Å²) in [4.78, 5) is 0.759. The van der Waals surface area contributed by atoms with Crippen LogP contribution in [0.1, 0.15) is 17.2 Å². The molecule has 2 nitrogen and oxygen atoms in total. The molecule has 0 heterocycles. The SMILES string of the molecule is C=CCS(=O)c1cccc(C(S)CC#N)c1. The molecule has 0 N–H and O–H groups in total. The van der Waals surface area contributed by atoms with Gasteiger partial charge in [-0.15, -0.1) is 6.58 Å². The van der Waals surface area contributed by atoms with Crippen LogP contribution in [0.4, 0.5) is 0 Å². The minimum absolute atomic E-state index is 0.120. The van der Waals surface area contributed by atoms with Crippen LogP contribution in [-0.2, 0) is 10.8 Å². The molecule has 16 heavy (non-hydrogen) atoms. The van der Waals surface area contributed by atoms with Gasteiger partial charge in [-0.1, -0.05) is 18.2 Å². The highest BCUT2D eigenvalue weighted by Gasteiger charge is 2.08. The molecule has 0 radical (unpaired) electrons. The molecule has 0 aliphatic heterocycles. The van der Waals surface area contributed by atoms with Crippen molar-refractivity contribution in [1.82, 2.24) is 0 Å². The zero-order chi connectivity index (χ0) is 12.0. The third kappa shape index (κ3) is 3.51. The molecule has 0 saturated heterocycles. The first-order valence-electron chi connectivity index (χ1n) is 4.83. The highest BCUT2D eigenvalue weighted by Crippen LogP contribution is 2.24. The summed E-state index contributed by atoms with van der Waals surface area (Å²) in [5.74, 6) is 0.443. The van der Waals surface area contributed by atoms with E-state index in [4.69, 9.17) is 5.26 Å². The van der Waals surface area contributed by atoms with Crippen molar-refractivity contribution in [3.05, 3.63) is 42.5 Å². The highest BCUT2D eigenvalue weighted by molar-refractivity contribution is 7.85. The fourth-order valence-corrected chi connectivity index (χ4v) is 2.42. The van der Waals surface area contributed by atoms with Gasteiger partial charge in [0, 0.05) is 15.9 Å². The second-order valence-electron chi connectivity index (χ2n) is 3.25. The normalized spacial score (nSPS) is 13.8. The Bertz CT molecular complexity index is 437. The maximum absolute atomic E-state index is 11.7. The van der Waals surface area contributed by atoms with Crippen molar-refractivity contribution in [1.29, 1.82) is 5.26 Å². The first-order valence-corrected chi connectivity index (χ1v) is 6.66. The Morgan fingerprint density at radius 1 is 1.62 bits per heavy atom. The van der Waals surface area contributed by atoms with E-state index in [0.29, 0.717) is 12.2 Å². The summed E-state index contributed by atoms with van der Waals surface area (Å²) in [7, 11) is -1.05. The van der Waals surface area contributed by atoms with Crippen LogP contribution < -0.4 is 0 Å². The molecular weight excluding hydrogens is 238 g/mol. The molecule has 0 aromatic heterocycles. The lowest BCUT2D eigenvalue weighted by Gasteiger charge is -2.08. The summed E-state index contributed by atoms with van der Waals surface area (Å²) in [5.41, 5.74) is 0.930. The Kier molecular flexibility index (Phi) is 5.30. The third-order valence-corrected chi connectivity index (χ3v) is 3.86. The maximum Gasteiger partial charge on any atom is 0.0636 e. The van der Waals surface area contributed by atoms with Crippen molar-refractivity contribution in [3.63, 3.8) is 0 Å². The average molecular weight is 251 g/mol. The number of rotatable bonds is 5. The molecule has 1 rings (SSSR count). The van der Waals surface area contributed by atoms with E-state index in [1.54, 1.807) is 6.08 Å². The number of nitriles is 1. The smallest absolute Gasteiger partial charge is 0.0636 e. The molecule has 0 bridgehead atoms. The molecule has 0 fully saturated rings. The van der Waals surface area contributed by atoms with Gasteiger partial charge in [-0.25, -0.2) is 0 Å². The van der Waals surface area contributed by atoms with Crippen LogP contribution in [0.2, 0.25) is 0 Å². The highest BCUT2D eigenvalue weighted by atomic mass is 32.2. The minimum Gasteiger partial charge on any atom is -0.254 e. The van der Waals surface area contributed by atoms with Gasteiger partial charge in [-0.3, -0.25) is 4.21 Å². The van der Waals surface area contributed by atoms with E-state index in [2.05, 4.69) is 25.3 Å². The summed E-state index contributed by atoms with van der Waals surface area (Å²) >= 11 is 4.33. The van der Waals surface area contributed by atoms with E-state index in [0.717, 1.165) is 10.5 Å². The van der Waals surface area contributed by atoms with Crippen molar-refractivity contribution in [2.45, 2.75) is 16.6 Å². The van der Waals surface area contributed by atoms with Gasteiger partial charge >= 0.3 is 0 Å². The van der Waals surface area contributed by atoms with E-state index >= 15 is 0 Å². The van der Waals surface area contributed by atoms with Crippen LogP contribution >= 0.6 is 12.6 Å². The van der Waals surface area contributed by atoms with Crippen LogP contribution in [0, 0.1) is 11.3 Å². The second-order valence-corrected chi connectivity index (χ2v) is 5.37. The Hall–Kier alpha value is -1.05. The standard InChI is InChI=1S/C12H13NOS2/c1-2-8-16(14)11-5-3-4-10(9-11)12(15)6-7-13/h2-5,9,12,15H,1,6,8H2. The molecule has 2 unspecified atom stereocenters. The number of thiol groups is 1. The second kappa shape index (κ2) is 6.51. The number of benzene rings is 1. The number of hydrogen-bond donors (Lipinski definition) is 1. The monoisotopic (exact) mass is 251 g/mol. The van der Waals surface area contributed by atoms with Crippen molar-refractivity contribution in [2.24, 2.45) is 0 Å². The van der Waals surface area contributed by atoms with Gasteiger partial charge in [0.05, 0.1) is 23.3 Å². The lowest BCUT2D eigenvalue weighted by molar-refractivity contribution is 0.685. The van der Waals surface area contributed by atoms with E-state index in [1.165, 1.54) is 0 Å².